The topological polar surface area (TPSA) is 68.0 Å². The van der Waals surface area contributed by atoms with Crippen LogP contribution in [0.3, 0.4) is 0 Å². The summed E-state index contributed by atoms with van der Waals surface area (Å²) in [6.07, 6.45) is 1.20. The smallest absolute Gasteiger partial charge is 0.220 e. The second-order valence-corrected chi connectivity index (χ2v) is 5.22. The highest BCUT2D eigenvalue weighted by Crippen LogP contribution is 2.23. The van der Waals surface area contributed by atoms with Crippen LogP contribution in [0.2, 0.25) is 0 Å². The SMILES string of the molecule is Cc1csc(C(C)(C)NC(=O)CCCN)n1. The van der Waals surface area contributed by atoms with Gasteiger partial charge < -0.3 is 11.1 Å². The number of hydrogen-bond acceptors (Lipinski definition) is 4. The fraction of sp³-hybridized carbons (Fsp3) is 0.636. The molecule has 1 aromatic heterocycles. The molecule has 3 N–H and O–H groups in total. The summed E-state index contributed by atoms with van der Waals surface area (Å²) in [5.74, 6) is 0.0308. The quantitative estimate of drug-likeness (QED) is 0.821. The first-order chi connectivity index (χ1) is 7.45. The normalized spacial score (nSPS) is 11.5. The van der Waals surface area contributed by atoms with Crippen LogP contribution in [0.25, 0.3) is 0 Å². The van der Waals surface area contributed by atoms with E-state index in [1.165, 1.54) is 0 Å². The lowest BCUT2D eigenvalue weighted by atomic mass is 10.1. The molecule has 0 aliphatic carbocycles. The molecule has 0 fully saturated rings. The summed E-state index contributed by atoms with van der Waals surface area (Å²) in [5.41, 5.74) is 5.96. The third kappa shape index (κ3) is 3.57. The van der Waals surface area contributed by atoms with Gasteiger partial charge in [-0.15, -0.1) is 11.3 Å². The maximum absolute atomic E-state index is 11.6. The Morgan fingerprint density at radius 1 is 1.62 bits per heavy atom. The zero-order valence-electron chi connectivity index (χ0n) is 10.0. The fourth-order valence-corrected chi connectivity index (χ4v) is 2.25. The molecule has 90 valence electrons. The van der Waals surface area contributed by atoms with Gasteiger partial charge in [-0.25, -0.2) is 4.98 Å². The first-order valence-electron chi connectivity index (χ1n) is 5.39. The van der Waals surface area contributed by atoms with Gasteiger partial charge in [-0.05, 0) is 33.7 Å². The maximum atomic E-state index is 11.6. The van der Waals surface area contributed by atoms with Gasteiger partial charge in [0.1, 0.15) is 5.01 Å². The molecule has 16 heavy (non-hydrogen) atoms. The molecule has 0 saturated heterocycles. The van der Waals surface area contributed by atoms with Gasteiger partial charge in [0.05, 0.1) is 5.54 Å². The van der Waals surface area contributed by atoms with E-state index in [2.05, 4.69) is 10.3 Å². The Morgan fingerprint density at radius 3 is 2.81 bits per heavy atom. The van der Waals surface area contributed by atoms with E-state index >= 15 is 0 Å². The molecule has 1 amide bonds. The molecule has 0 aliphatic heterocycles. The van der Waals surface area contributed by atoms with Crippen molar-refractivity contribution in [1.82, 2.24) is 10.3 Å². The number of thiazole rings is 1. The minimum Gasteiger partial charge on any atom is -0.345 e. The number of nitrogens with two attached hydrogens (primary N) is 1. The van der Waals surface area contributed by atoms with E-state index in [1.54, 1.807) is 11.3 Å². The van der Waals surface area contributed by atoms with Crippen LogP contribution in [-0.2, 0) is 10.3 Å². The molecule has 0 bridgehead atoms. The molecular formula is C11H19N3OS. The van der Waals surface area contributed by atoms with Crippen molar-refractivity contribution in [2.45, 2.75) is 39.2 Å². The van der Waals surface area contributed by atoms with Gasteiger partial charge in [0.15, 0.2) is 0 Å². The van der Waals surface area contributed by atoms with Crippen molar-refractivity contribution in [3.63, 3.8) is 0 Å². The lowest BCUT2D eigenvalue weighted by Gasteiger charge is -2.23. The summed E-state index contributed by atoms with van der Waals surface area (Å²) in [5, 5.41) is 5.90. The summed E-state index contributed by atoms with van der Waals surface area (Å²) in [7, 11) is 0. The van der Waals surface area contributed by atoms with Crippen LogP contribution < -0.4 is 11.1 Å². The van der Waals surface area contributed by atoms with Crippen molar-refractivity contribution < 1.29 is 4.79 Å². The molecule has 0 spiro atoms. The predicted molar refractivity (Wildman–Crippen MR) is 66.3 cm³/mol. The predicted octanol–water partition coefficient (Wildman–Crippen LogP) is 1.54. The van der Waals surface area contributed by atoms with Crippen LogP contribution >= 0.6 is 11.3 Å². The number of nitrogens with one attached hydrogen (secondary N) is 1. The average Bonchev–Trinajstić information content (AvgIpc) is 2.62. The van der Waals surface area contributed by atoms with Crippen molar-refractivity contribution in [3.05, 3.63) is 16.1 Å². The lowest BCUT2D eigenvalue weighted by molar-refractivity contribution is -0.122. The number of nitrogens with zero attached hydrogens (tertiary/aromatic N) is 1. The summed E-state index contributed by atoms with van der Waals surface area (Å²) in [4.78, 5) is 16.0. The van der Waals surface area contributed by atoms with E-state index in [4.69, 9.17) is 5.73 Å². The van der Waals surface area contributed by atoms with Crippen molar-refractivity contribution in [3.8, 4) is 0 Å². The summed E-state index contributed by atoms with van der Waals surface area (Å²) >= 11 is 1.57. The Bertz CT molecular complexity index is 360. The van der Waals surface area contributed by atoms with E-state index in [-0.39, 0.29) is 5.91 Å². The number of amides is 1. The first-order valence-corrected chi connectivity index (χ1v) is 6.27. The monoisotopic (exact) mass is 241 g/mol. The van der Waals surface area contributed by atoms with Crippen molar-refractivity contribution in [2.24, 2.45) is 5.73 Å². The third-order valence-electron chi connectivity index (χ3n) is 2.21. The van der Waals surface area contributed by atoms with Gasteiger partial charge >= 0.3 is 0 Å². The third-order valence-corrected chi connectivity index (χ3v) is 3.50. The molecule has 1 rings (SSSR count). The maximum Gasteiger partial charge on any atom is 0.220 e. The van der Waals surface area contributed by atoms with Crippen LogP contribution in [0.15, 0.2) is 5.38 Å². The summed E-state index contributed by atoms with van der Waals surface area (Å²) < 4.78 is 0. The Balaban J connectivity index is 2.61. The van der Waals surface area contributed by atoms with Gasteiger partial charge in [-0.1, -0.05) is 0 Å². The molecule has 0 aromatic carbocycles. The van der Waals surface area contributed by atoms with Gasteiger partial charge in [-0.3, -0.25) is 4.79 Å². The van der Waals surface area contributed by atoms with Gasteiger partial charge in [0.2, 0.25) is 5.91 Å². The number of rotatable bonds is 5. The number of aromatic nitrogens is 1. The zero-order chi connectivity index (χ0) is 12.2. The highest BCUT2D eigenvalue weighted by molar-refractivity contribution is 7.09. The second-order valence-electron chi connectivity index (χ2n) is 4.36. The number of aryl methyl sites for hydroxylation is 1. The zero-order valence-corrected chi connectivity index (χ0v) is 10.9. The molecule has 0 atom stereocenters. The Kier molecular flexibility index (Phi) is 4.44. The van der Waals surface area contributed by atoms with Crippen molar-refractivity contribution in [2.75, 3.05) is 6.54 Å². The number of carbonyl (C=O) groups is 1. The molecule has 0 radical (unpaired) electrons. The van der Waals surface area contributed by atoms with Crippen molar-refractivity contribution >= 4 is 17.2 Å². The molecule has 0 saturated carbocycles. The van der Waals surface area contributed by atoms with Crippen LogP contribution in [0.1, 0.15) is 37.4 Å². The minimum absolute atomic E-state index is 0.0308. The van der Waals surface area contributed by atoms with Crippen LogP contribution in [0.5, 0.6) is 0 Å². The molecule has 0 unspecified atom stereocenters. The largest absolute Gasteiger partial charge is 0.345 e. The molecule has 4 nitrogen and oxygen atoms in total. The molecular weight excluding hydrogens is 222 g/mol. The van der Waals surface area contributed by atoms with E-state index in [0.29, 0.717) is 13.0 Å². The molecule has 1 heterocycles. The van der Waals surface area contributed by atoms with Gasteiger partial charge in [0, 0.05) is 17.5 Å². The molecule has 1 aromatic rings. The Labute approximate surface area is 100 Å². The highest BCUT2D eigenvalue weighted by Gasteiger charge is 2.25. The van der Waals surface area contributed by atoms with Gasteiger partial charge in [0.25, 0.3) is 0 Å². The van der Waals surface area contributed by atoms with E-state index in [9.17, 15) is 4.79 Å². The highest BCUT2D eigenvalue weighted by atomic mass is 32.1. The summed E-state index contributed by atoms with van der Waals surface area (Å²) in [6.45, 7) is 6.42. The van der Waals surface area contributed by atoms with Crippen molar-refractivity contribution in [1.29, 1.82) is 0 Å². The molecule has 5 heteroatoms. The van der Waals surface area contributed by atoms with E-state index < -0.39 is 5.54 Å². The standard InChI is InChI=1S/C11H19N3OS/c1-8-7-16-10(13-8)11(2,3)14-9(15)5-4-6-12/h7H,4-6,12H2,1-3H3,(H,14,15). The Morgan fingerprint density at radius 2 is 2.31 bits per heavy atom. The second kappa shape index (κ2) is 5.41. The number of carbonyl (C=O) groups excluding carboxylic acids is 1. The van der Waals surface area contributed by atoms with E-state index in [1.807, 2.05) is 26.2 Å². The minimum atomic E-state index is -0.398. The molecule has 0 aliphatic rings. The number of hydrogen-bond donors (Lipinski definition) is 2. The van der Waals surface area contributed by atoms with Crippen LogP contribution in [0, 0.1) is 6.92 Å². The summed E-state index contributed by atoms with van der Waals surface area (Å²) in [6, 6.07) is 0. The average molecular weight is 241 g/mol. The Hall–Kier alpha value is -0.940. The van der Waals surface area contributed by atoms with Gasteiger partial charge in [-0.2, -0.15) is 0 Å². The van der Waals surface area contributed by atoms with E-state index in [0.717, 1.165) is 17.1 Å². The van der Waals surface area contributed by atoms with Crippen LogP contribution in [-0.4, -0.2) is 17.4 Å². The lowest BCUT2D eigenvalue weighted by Crippen LogP contribution is -2.41. The fourth-order valence-electron chi connectivity index (χ4n) is 1.37. The van der Waals surface area contributed by atoms with Crippen LogP contribution in [0.4, 0.5) is 0 Å². The first kappa shape index (κ1) is 13.1.